The van der Waals surface area contributed by atoms with Gasteiger partial charge in [-0.2, -0.15) is 0 Å². The maximum atomic E-state index is 6.16. The Balaban J connectivity index is 1.12. The van der Waals surface area contributed by atoms with Crippen LogP contribution >= 0.6 is 0 Å². The van der Waals surface area contributed by atoms with Crippen molar-refractivity contribution in [3.8, 4) is 0 Å². The number of allylic oxidation sites excluding steroid dienone is 11. The molecule has 0 radical (unpaired) electrons. The largest absolute Gasteiger partial charge is 0.456 e. The average Bonchev–Trinajstić information content (AvgIpc) is 3.71. The molecule has 0 saturated carbocycles. The van der Waals surface area contributed by atoms with E-state index >= 15 is 0 Å². The summed E-state index contributed by atoms with van der Waals surface area (Å²) in [6.07, 6.45) is 23.2. The van der Waals surface area contributed by atoms with E-state index in [4.69, 9.17) is 4.42 Å². The first-order valence-corrected chi connectivity index (χ1v) is 19.9. The van der Waals surface area contributed by atoms with Crippen molar-refractivity contribution < 1.29 is 4.42 Å². The summed E-state index contributed by atoms with van der Waals surface area (Å²) in [7, 11) is 0. The molecule has 3 aliphatic rings. The van der Waals surface area contributed by atoms with E-state index in [2.05, 4.69) is 191 Å². The van der Waals surface area contributed by atoms with Crippen LogP contribution in [0.5, 0.6) is 0 Å². The Morgan fingerprint density at radius 1 is 0.754 bits per heavy atom. The van der Waals surface area contributed by atoms with E-state index in [1.165, 1.54) is 33.5 Å². The Morgan fingerprint density at radius 3 is 2.33 bits per heavy atom. The van der Waals surface area contributed by atoms with Crippen molar-refractivity contribution >= 4 is 57.8 Å². The van der Waals surface area contributed by atoms with Gasteiger partial charge in [0.2, 0.25) is 0 Å². The molecule has 6 aromatic rings. The van der Waals surface area contributed by atoms with Gasteiger partial charge in [-0.1, -0.05) is 167 Å². The number of nitrogens with zero attached hydrogens (tertiary/aromatic N) is 1. The Labute approximate surface area is 336 Å². The van der Waals surface area contributed by atoms with Gasteiger partial charge in [0, 0.05) is 39.5 Å². The zero-order valence-corrected chi connectivity index (χ0v) is 33.0. The first-order chi connectivity index (χ1) is 27.8. The molecule has 3 aliphatic carbocycles. The van der Waals surface area contributed by atoms with Gasteiger partial charge in [0.15, 0.2) is 0 Å². The zero-order valence-electron chi connectivity index (χ0n) is 33.0. The van der Waals surface area contributed by atoms with Gasteiger partial charge in [-0.05, 0) is 111 Å². The molecule has 278 valence electrons. The lowest BCUT2D eigenvalue weighted by atomic mass is 9.74. The zero-order chi connectivity index (χ0) is 39.1. The maximum Gasteiger partial charge on any atom is 0.135 e. The third kappa shape index (κ3) is 6.72. The van der Waals surface area contributed by atoms with Gasteiger partial charge in [-0.15, -0.1) is 0 Å². The van der Waals surface area contributed by atoms with E-state index < -0.39 is 0 Å². The van der Waals surface area contributed by atoms with E-state index in [9.17, 15) is 0 Å². The Kier molecular flexibility index (Phi) is 9.34. The van der Waals surface area contributed by atoms with Crippen molar-refractivity contribution in [2.24, 2.45) is 5.92 Å². The van der Waals surface area contributed by atoms with Crippen LogP contribution < -0.4 is 15.5 Å². The molecular formula is C55H47NO. The molecule has 1 heterocycles. The molecule has 0 fully saturated rings. The third-order valence-electron chi connectivity index (χ3n) is 11.9. The predicted octanol–water partition coefficient (Wildman–Crippen LogP) is 13.1. The minimum atomic E-state index is 0.126. The van der Waals surface area contributed by atoms with Gasteiger partial charge in [-0.25, -0.2) is 0 Å². The molecule has 0 saturated heterocycles. The van der Waals surface area contributed by atoms with E-state index in [0.29, 0.717) is 0 Å². The van der Waals surface area contributed by atoms with Crippen LogP contribution in [0.15, 0.2) is 187 Å². The first-order valence-electron chi connectivity index (χ1n) is 19.9. The molecule has 2 unspecified atom stereocenters. The maximum absolute atomic E-state index is 6.16. The van der Waals surface area contributed by atoms with Crippen LogP contribution in [0.2, 0.25) is 0 Å². The van der Waals surface area contributed by atoms with Gasteiger partial charge in [0.25, 0.3) is 0 Å². The molecule has 0 bridgehead atoms. The standard InChI is InChI=1S/C55H47NO/c1-6-39(27-28-43-36-55(4,5)51-24-13-11-21-48(43)51)40-29-31-44(32-30-40)56(52-35-42-16-7-8-20-47(42)49-22-9-10-23-50(49)52)45-18-15-17-41(34-45)37(2)26-33-53-38(3)46-19-12-14-25-54(46)57-53/h6-35,49-50H,1,3,36H2,2,4-5H3/b37-26+,39-27+,43-28+,53-33+. The van der Waals surface area contributed by atoms with Crippen LogP contribution in [0.1, 0.15) is 66.5 Å². The molecule has 1 aromatic heterocycles. The quantitative estimate of drug-likeness (QED) is 0.145. The smallest absolute Gasteiger partial charge is 0.135 e. The fourth-order valence-electron chi connectivity index (χ4n) is 8.93. The molecule has 0 aliphatic heterocycles. The van der Waals surface area contributed by atoms with Crippen LogP contribution in [0.25, 0.3) is 46.4 Å². The van der Waals surface area contributed by atoms with Gasteiger partial charge in [-0.3, -0.25) is 0 Å². The Morgan fingerprint density at radius 2 is 1.51 bits per heavy atom. The fraction of sp³-hybridized carbons (Fsp3) is 0.127. The lowest BCUT2D eigenvalue weighted by Crippen LogP contribution is -2.28. The minimum absolute atomic E-state index is 0.126. The summed E-state index contributed by atoms with van der Waals surface area (Å²) in [5, 5.41) is 1.95. The monoisotopic (exact) mass is 737 g/mol. The molecule has 2 heteroatoms. The van der Waals surface area contributed by atoms with Gasteiger partial charge >= 0.3 is 0 Å². The summed E-state index contributed by atoms with van der Waals surface area (Å²) in [5.74, 6) is 0.428. The molecule has 5 aromatic carbocycles. The Hall–Kier alpha value is -6.64. The van der Waals surface area contributed by atoms with Gasteiger partial charge in [0.05, 0.1) is 0 Å². The van der Waals surface area contributed by atoms with E-state index in [-0.39, 0.29) is 17.3 Å². The lowest BCUT2D eigenvalue weighted by molar-refractivity contribution is 0.563. The number of hydrogen-bond donors (Lipinski definition) is 0. The predicted molar refractivity (Wildman–Crippen MR) is 243 cm³/mol. The number of para-hydroxylation sites is 1. The highest BCUT2D eigenvalue weighted by atomic mass is 16.3. The molecule has 9 rings (SSSR count). The van der Waals surface area contributed by atoms with E-state index in [1.807, 2.05) is 30.4 Å². The lowest BCUT2D eigenvalue weighted by Gasteiger charge is -2.39. The van der Waals surface area contributed by atoms with Crippen molar-refractivity contribution in [3.05, 3.63) is 226 Å². The van der Waals surface area contributed by atoms with Crippen LogP contribution in [0, 0.1) is 5.92 Å². The van der Waals surface area contributed by atoms with Crippen molar-refractivity contribution in [2.75, 3.05) is 4.90 Å². The summed E-state index contributed by atoms with van der Waals surface area (Å²) in [6.45, 7) is 15.4. The third-order valence-corrected chi connectivity index (χ3v) is 11.9. The summed E-state index contributed by atoms with van der Waals surface area (Å²) in [4.78, 5) is 2.45. The number of rotatable bonds is 8. The number of hydrogen-bond acceptors (Lipinski definition) is 2. The second kappa shape index (κ2) is 14.8. The number of furan rings is 1. The van der Waals surface area contributed by atoms with Crippen LogP contribution in [-0.4, -0.2) is 0 Å². The molecule has 2 atom stereocenters. The van der Waals surface area contributed by atoms with Gasteiger partial charge < -0.3 is 9.32 Å². The van der Waals surface area contributed by atoms with E-state index in [0.717, 1.165) is 61.7 Å². The molecular weight excluding hydrogens is 691 g/mol. The highest BCUT2D eigenvalue weighted by molar-refractivity contribution is 5.84. The number of anilines is 2. The highest BCUT2D eigenvalue weighted by Crippen LogP contribution is 2.47. The van der Waals surface area contributed by atoms with Crippen LogP contribution in [0.4, 0.5) is 11.4 Å². The van der Waals surface area contributed by atoms with Crippen molar-refractivity contribution in [1.82, 2.24) is 0 Å². The molecule has 2 nitrogen and oxygen atoms in total. The number of benzene rings is 5. The summed E-state index contributed by atoms with van der Waals surface area (Å²) in [6, 6.07) is 43.6. The first kappa shape index (κ1) is 36.0. The van der Waals surface area contributed by atoms with Crippen molar-refractivity contribution in [1.29, 1.82) is 0 Å². The van der Waals surface area contributed by atoms with Gasteiger partial charge in [0.1, 0.15) is 11.0 Å². The van der Waals surface area contributed by atoms with Crippen LogP contribution in [0.3, 0.4) is 0 Å². The minimum Gasteiger partial charge on any atom is -0.456 e. The molecule has 0 N–H and O–H groups in total. The van der Waals surface area contributed by atoms with Crippen molar-refractivity contribution in [2.45, 2.75) is 38.5 Å². The normalized spacial score (nSPS) is 19.3. The van der Waals surface area contributed by atoms with E-state index in [1.54, 1.807) is 0 Å². The summed E-state index contributed by atoms with van der Waals surface area (Å²) < 4.78 is 6.16. The Bertz CT molecular complexity index is 2850. The second-order valence-electron chi connectivity index (χ2n) is 16.0. The second-order valence-corrected chi connectivity index (χ2v) is 16.0. The summed E-state index contributed by atoms with van der Waals surface area (Å²) in [5.41, 5.74) is 16.5. The fourth-order valence-corrected chi connectivity index (χ4v) is 8.93. The van der Waals surface area contributed by atoms with Crippen molar-refractivity contribution in [3.63, 3.8) is 0 Å². The average molecular weight is 738 g/mol. The SMILES string of the molecule is C=C/C(=C\C=C1/CC(C)(C)c2ccccc21)c1ccc(N(C2=Cc3ccccc3C3C=CC=CC23)c2cccc(/C(C)=C/C=c3/oc4ccccc4c3=C)c2)cc1. The number of fused-ring (bicyclic) bond motifs is 5. The molecule has 57 heavy (non-hydrogen) atoms. The summed E-state index contributed by atoms with van der Waals surface area (Å²) >= 11 is 0. The molecule has 0 spiro atoms. The highest BCUT2D eigenvalue weighted by Gasteiger charge is 2.34. The van der Waals surface area contributed by atoms with Crippen LogP contribution in [-0.2, 0) is 5.41 Å². The molecule has 0 amide bonds. The topological polar surface area (TPSA) is 16.4 Å².